The number of aromatic amines is 1. The molecule has 1 saturated heterocycles. The Hall–Kier alpha value is -2.63. The predicted octanol–water partition coefficient (Wildman–Crippen LogP) is 1.39. The van der Waals surface area contributed by atoms with Crippen molar-refractivity contribution in [2.45, 2.75) is 6.42 Å². The fraction of sp³-hybridized carbons (Fsp3) is 0.214. The van der Waals surface area contributed by atoms with Gasteiger partial charge in [-0.25, -0.2) is 0 Å². The van der Waals surface area contributed by atoms with E-state index in [1.165, 1.54) is 4.90 Å². The maximum Gasteiger partial charge on any atom is 0.236 e. The molecule has 102 valence electrons. The number of methoxy groups -OCH3 is 1. The van der Waals surface area contributed by atoms with Gasteiger partial charge in [0.2, 0.25) is 5.91 Å². The number of H-pyrrole nitrogens is 1. The van der Waals surface area contributed by atoms with Crippen LogP contribution in [0.5, 0.6) is 5.75 Å². The molecule has 1 aliphatic rings. The number of ether oxygens (including phenoxy) is 1. The van der Waals surface area contributed by atoms with Gasteiger partial charge in [-0.1, -0.05) is 0 Å². The van der Waals surface area contributed by atoms with Crippen LogP contribution in [-0.4, -0.2) is 35.5 Å². The van der Waals surface area contributed by atoms with Crippen molar-refractivity contribution in [3.05, 3.63) is 30.3 Å². The van der Waals surface area contributed by atoms with Crippen LogP contribution in [0.15, 0.2) is 30.3 Å². The van der Waals surface area contributed by atoms with Gasteiger partial charge in [-0.3, -0.25) is 19.6 Å². The number of benzene rings is 1. The summed E-state index contributed by atoms with van der Waals surface area (Å²) in [5.74, 6) is 0.965. The molecule has 2 heterocycles. The molecule has 1 aromatic heterocycles. The molecule has 20 heavy (non-hydrogen) atoms. The van der Waals surface area contributed by atoms with Crippen molar-refractivity contribution in [2.75, 3.05) is 18.6 Å². The molecule has 2 aromatic rings. The molecule has 0 saturated carbocycles. The quantitative estimate of drug-likeness (QED) is 0.856. The molecule has 1 fully saturated rings. The van der Waals surface area contributed by atoms with Gasteiger partial charge in [0.15, 0.2) is 11.6 Å². The first kappa shape index (κ1) is 12.4. The Bertz CT molecular complexity index is 661. The number of rotatable bonds is 3. The summed E-state index contributed by atoms with van der Waals surface area (Å²) < 4.78 is 5.10. The Morgan fingerprint density at radius 3 is 2.60 bits per heavy atom. The first-order chi connectivity index (χ1) is 9.67. The number of carbonyl (C=O) groups excluding carboxylic acids is 2. The van der Waals surface area contributed by atoms with E-state index in [4.69, 9.17) is 4.74 Å². The van der Waals surface area contributed by atoms with Crippen molar-refractivity contribution in [3.63, 3.8) is 0 Å². The Kier molecular flexibility index (Phi) is 2.98. The molecule has 6 heteroatoms. The maximum absolute atomic E-state index is 11.6. The zero-order valence-corrected chi connectivity index (χ0v) is 10.9. The van der Waals surface area contributed by atoms with Crippen molar-refractivity contribution in [1.29, 1.82) is 0 Å². The van der Waals surface area contributed by atoms with Crippen LogP contribution in [0.25, 0.3) is 11.3 Å². The van der Waals surface area contributed by atoms with Gasteiger partial charge in [-0.2, -0.15) is 5.10 Å². The van der Waals surface area contributed by atoms with E-state index in [9.17, 15) is 9.59 Å². The number of aromatic nitrogens is 2. The molecule has 1 N–H and O–H groups in total. The van der Waals surface area contributed by atoms with Gasteiger partial charge >= 0.3 is 0 Å². The van der Waals surface area contributed by atoms with E-state index in [0.717, 1.165) is 17.0 Å². The number of carbonyl (C=O) groups is 2. The Morgan fingerprint density at radius 1 is 1.25 bits per heavy atom. The number of nitrogens with zero attached hydrogens (tertiary/aromatic N) is 2. The van der Waals surface area contributed by atoms with E-state index >= 15 is 0 Å². The lowest BCUT2D eigenvalue weighted by atomic mass is 10.1. The highest BCUT2D eigenvalue weighted by Crippen LogP contribution is 2.25. The maximum atomic E-state index is 11.6. The summed E-state index contributed by atoms with van der Waals surface area (Å²) in [6.07, 6.45) is -0.0370. The summed E-state index contributed by atoms with van der Waals surface area (Å²) in [6, 6.07) is 9.25. The molecule has 3 rings (SSSR count). The van der Waals surface area contributed by atoms with Gasteiger partial charge in [0.1, 0.15) is 5.75 Å². The fourth-order valence-corrected chi connectivity index (χ4v) is 2.16. The molecule has 1 aromatic carbocycles. The molecule has 0 radical (unpaired) electrons. The number of Topliss-reactive ketones (excluding diaryl/α,β-unsaturated/α-hetero) is 1. The van der Waals surface area contributed by atoms with Gasteiger partial charge in [-0.05, 0) is 29.8 Å². The molecule has 0 unspecified atom stereocenters. The lowest BCUT2D eigenvalue weighted by Gasteiger charge is -2.09. The molecule has 0 aliphatic carbocycles. The topological polar surface area (TPSA) is 75.3 Å². The third-order valence-electron chi connectivity index (χ3n) is 3.23. The average molecular weight is 271 g/mol. The second-order valence-corrected chi connectivity index (χ2v) is 4.56. The lowest BCUT2D eigenvalue weighted by molar-refractivity contribution is -0.121. The van der Waals surface area contributed by atoms with Gasteiger partial charge in [0.25, 0.3) is 0 Å². The number of hydrogen-bond donors (Lipinski definition) is 1. The first-order valence-electron chi connectivity index (χ1n) is 6.19. The van der Waals surface area contributed by atoms with E-state index < -0.39 is 0 Å². The predicted molar refractivity (Wildman–Crippen MR) is 72.6 cm³/mol. The average Bonchev–Trinajstić information content (AvgIpc) is 3.05. The van der Waals surface area contributed by atoms with E-state index in [-0.39, 0.29) is 24.7 Å². The summed E-state index contributed by atoms with van der Waals surface area (Å²) >= 11 is 0. The normalized spacial score (nSPS) is 14.9. The van der Waals surface area contributed by atoms with Crippen LogP contribution in [0.3, 0.4) is 0 Å². The van der Waals surface area contributed by atoms with E-state index in [1.807, 2.05) is 24.3 Å². The van der Waals surface area contributed by atoms with E-state index in [2.05, 4.69) is 10.2 Å². The van der Waals surface area contributed by atoms with Crippen molar-refractivity contribution >= 4 is 17.5 Å². The number of nitrogens with one attached hydrogen (secondary N) is 1. The SMILES string of the molecule is COc1ccc(-c2cc(N3CC(=O)CC3=O)n[nH]2)cc1. The standard InChI is InChI=1S/C14H13N3O3/c1-20-11-4-2-9(3-5-11)12-7-13(16-15-12)17-8-10(18)6-14(17)19/h2-5,7H,6,8H2,1H3,(H,15,16). The number of hydrogen-bond acceptors (Lipinski definition) is 4. The Balaban J connectivity index is 1.86. The fourth-order valence-electron chi connectivity index (χ4n) is 2.16. The number of amides is 1. The highest BCUT2D eigenvalue weighted by Gasteiger charge is 2.30. The zero-order valence-electron chi connectivity index (χ0n) is 10.9. The van der Waals surface area contributed by atoms with Crippen LogP contribution in [0, 0.1) is 0 Å². The molecule has 0 atom stereocenters. The Morgan fingerprint density at radius 2 is 2.00 bits per heavy atom. The lowest BCUT2D eigenvalue weighted by Crippen LogP contribution is -2.24. The molecule has 1 aliphatic heterocycles. The summed E-state index contributed by atoms with van der Waals surface area (Å²) in [5, 5.41) is 6.97. The van der Waals surface area contributed by atoms with E-state index in [0.29, 0.717) is 5.82 Å². The minimum absolute atomic E-state index is 0.0370. The minimum Gasteiger partial charge on any atom is -0.497 e. The molecule has 0 spiro atoms. The van der Waals surface area contributed by atoms with Gasteiger partial charge in [-0.15, -0.1) is 0 Å². The number of anilines is 1. The summed E-state index contributed by atoms with van der Waals surface area (Å²) in [4.78, 5) is 24.3. The van der Waals surface area contributed by atoms with Crippen LogP contribution in [0.2, 0.25) is 0 Å². The van der Waals surface area contributed by atoms with Crippen molar-refractivity contribution in [2.24, 2.45) is 0 Å². The van der Waals surface area contributed by atoms with Crippen LogP contribution in [0.1, 0.15) is 6.42 Å². The smallest absolute Gasteiger partial charge is 0.236 e. The van der Waals surface area contributed by atoms with Gasteiger partial charge < -0.3 is 4.74 Å². The third kappa shape index (κ3) is 2.16. The second kappa shape index (κ2) is 4.80. The van der Waals surface area contributed by atoms with Crippen LogP contribution in [0.4, 0.5) is 5.82 Å². The van der Waals surface area contributed by atoms with Gasteiger partial charge in [0.05, 0.1) is 25.8 Å². The third-order valence-corrected chi connectivity index (χ3v) is 3.23. The Labute approximate surface area is 115 Å². The van der Waals surface area contributed by atoms with Crippen molar-refractivity contribution < 1.29 is 14.3 Å². The van der Waals surface area contributed by atoms with Crippen molar-refractivity contribution in [1.82, 2.24) is 10.2 Å². The van der Waals surface area contributed by atoms with E-state index in [1.54, 1.807) is 13.2 Å². The molecule has 0 bridgehead atoms. The summed E-state index contributed by atoms with van der Waals surface area (Å²) in [5.41, 5.74) is 1.72. The highest BCUT2D eigenvalue weighted by atomic mass is 16.5. The first-order valence-corrected chi connectivity index (χ1v) is 6.19. The summed E-state index contributed by atoms with van der Waals surface area (Å²) in [7, 11) is 1.61. The minimum atomic E-state index is -0.206. The second-order valence-electron chi connectivity index (χ2n) is 4.56. The highest BCUT2D eigenvalue weighted by molar-refractivity contribution is 6.14. The molecule has 1 amide bonds. The van der Waals surface area contributed by atoms with Crippen molar-refractivity contribution in [3.8, 4) is 17.0 Å². The molecule has 6 nitrogen and oxygen atoms in total. The van der Waals surface area contributed by atoms with Crippen LogP contribution in [-0.2, 0) is 9.59 Å². The van der Waals surface area contributed by atoms with Crippen LogP contribution >= 0.6 is 0 Å². The van der Waals surface area contributed by atoms with Crippen LogP contribution < -0.4 is 9.64 Å². The largest absolute Gasteiger partial charge is 0.497 e. The monoisotopic (exact) mass is 271 g/mol. The zero-order chi connectivity index (χ0) is 14.1. The van der Waals surface area contributed by atoms with Gasteiger partial charge in [0, 0.05) is 6.07 Å². The summed E-state index contributed by atoms with van der Waals surface area (Å²) in [6.45, 7) is 0.103. The number of ketones is 1. The molecular weight excluding hydrogens is 258 g/mol. The molecular formula is C14H13N3O3.